The number of para-hydroxylation sites is 1. The topological polar surface area (TPSA) is 108 Å². The highest BCUT2D eigenvalue weighted by atomic mass is 16.5. The number of amides is 1. The van der Waals surface area contributed by atoms with Crippen molar-refractivity contribution in [2.45, 2.75) is 39.8 Å². The quantitative estimate of drug-likeness (QED) is 0.353. The maximum absolute atomic E-state index is 13.7. The van der Waals surface area contributed by atoms with E-state index < -0.39 is 0 Å². The first-order valence-corrected chi connectivity index (χ1v) is 12.3. The Morgan fingerprint density at radius 1 is 1.16 bits per heavy atom. The molecule has 0 aliphatic carbocycles. The minimum Gasteiger partial charge on any atom is -0.490 e. The van der Waals surface area contributed by atoms with E-state index in [1.165, 1.54) is 10.9 Å². The van der Waals surface area contributed by atoms with Gasteiger partial charge in [0.05, 0.1) is 24.1 Å². The highest BCUT2D eigenvalue weighted by Gasteiger charge is 2.26. The zero-order valence-electron chi connectivity index (χ0n) is 20.7. The van der Waals surface area contributed by atoms with Crippen LogP contribution in [0.25, 0.3) is 21.9 Å². The van der Waals surface area contributed by atoms with Crippen molar-refractivity contribution in [2.24, 2.45) is 0 Å². The van der Waals surface area contributed by atoms with Crippen LogP contribution in [0.4, 0.5) is 5.69 Å². The fraction of sp³-hybridized carbons (Fsp3) is 0.296. The number of fused-ring (bicyclic) bond motifs is 4. The molecule has 5 aromatic rings. The number of carbonyl (C=O) groups is 1. The Morgan fingerprint density at radius 2 is 2.03 bits per heavy atom. The number of aryl methyl sites for hydroxylation is 2. The van der Waals surface area contributed by atoms with Gasteiger partial charge < -0.3 is 18.7 Å². The molecule has 0 saturated heterocycles. The van der Waals surface area contributed by atoms with Gasteiger partial charge in [0.25, 0.3) is 5.56 Å². The van der Waals surface area contributed by atoms with Crippen molar-refractivity contribution < 1.29 is 14.1 Å². The van der Waals surface area contributed by atoms with Crippen LogP contribution in [0, 0.1) is 6.92 Å². The maximum Gasteiger partial charge on any atom is 0.278 e. The van der Waals surface area contributed by atoms with E-state index >= 15 is 0 Å². The predicted molar refractivity (Wildman–Crippen MR) is 138 cm³/mol. The average molecular weight is 499 g/mol. The molecule has 1 aliphatic rings. The molecule has 0 N–H and O–H groups in total. The summed E-state index contributed by atoms with van der Waals surface area (Å²) in [4.78, 5) is 38.1. The number of nitrogens with zero attached hydrogens (tertiary/aromatic N) is 6. The van der Waals surface area contributed by atoms with Gasteiger partial charge in [-0.1, -0.05) is 36.3 Å². The molecule has 10 heteroatoms. The Bertz CT molecular complexity index is 1700. The lowest BCUT2D eigenvalue weighted by atomic mass is 10.1. The van der Waals surface area contributed by atoms with Crippen molar-refractivity contribution in [2.75, 3.05) is 18.1 Å². The number of aromatic nitrogens is 5. The Hall–Kier alpha value is -4.47. The van der Waals surface area contributed by atoms with Crippen LogP contribution in [0.1, 0.15) is 30.6 Å². The lowest BCUT2D eigenvalue weighted by molar-refractivity contribution is -0.119. The number of carbonyl (C=O) groups excluding carboxylic acids is 1. The Morgan fingerprint density at radius 3 is 2.89 bits per heavy atom. The van der Waals surface area contributed by atoms with E-state index in [0.717, 1.165) is 28.6 Å². The largest absolute Gasteiger partial charge is 0.490 e. The van der Waals surface area contributed by atoms with Crippen LogP contribution in [0.15, 0.2) is 58.1 Å². The molecule has 1 aliphatic heterocycles. The van der Waals surface area contributed by atoms with Crippen LogP contribution in [0.2, 0.25) is 0 Å². The lowest BCUT2D eigenvalue weighted by Crippen LogP contribution is -2.40. The van der Waals surface area contributed by atoms with Crippen LogP contribution in [0.5, 0.6) is 5.75 Å². The van der Waals surface area contributed by atoms with Gasteiger partial charge in [0.2, 0.25) is 11.8 Å². The molecule has 4 heterocycles. The van der Waals surface area contributed by atoms with Crippen LogP contribution < -0.4 is 15.2 Å². The minimum atomic E-state index is -0.275. The van der Waals surface area contributed by atoms with Crippen molar-refractivity contribution in [3.8, 4) is 5.75 Å². The van der Waals surface area contributed by atoms with Crippen molar-refractivity contribution in [3.05, 3.63) is 76.4 Å². The molecule has 0 spiro atoms. The third-order valence-electron chi connectivity index (χ3n) is 6.60. The van der Waals surface area contributed by atoms with Gasteiger partial charge in [-0.25, -0.2) is 4.98 Å². The second-order valence-electron chi connectivity index (χ2n) is 9.20. The first-order valence-electron chi connectivity index (χ1n) is 12.3. The number of hydrogen-bond donors (Lipinski definition) is 0. The molecule has 0 unspecified atom stereocenters. The van der Waals surface area contributed by atoms with Gasteiger partial charge in [-0.15, -0.1) is 0 Å². The fourth-order valence-electron chi connectivity index (χ4n) is 4.86. The Kier molecular flexibility index (Phi) is 5.71. The first-order chi connectivity index (χ1) is 18.0. The summed E-state index contributed by atoms with van der Waals surface area (Å²) >= 11 is 0. The number of hydrogen-bond acceptors (Lipinski definition) is 7. The van der Waals surface area contributed by atoms with Gasteiger partial charge in [0.1, 0.15) is 36.5 Å². The van der Waals surface area contributed by atoms with Gasteiger partial charge in [-0.05, 0) is 37.1 Å². The predicted octanol–water partition coefficient (Wildman–Crippen LogP) is 3.47. The molecule has 0 saturated carbocycles. The van der Waals surface area contributed by atoms with Gasteiger partial charge in [0.15, 0.2) is 5.82 Å². The molecule has 10 nitrogen and oxygen atoms in total. The van der Waals surface area contributed by atoms with Gasteiger partial charge in [-0.2, -0.15) is 4.98 Å². The summed E-state index contributed by atoms with van der Waals surface area (Å²) in [6, 6.07) is 13.4. The summed E-state index contributed by atoms with van der Waals surface area (Å²) < 4.78 is 14.3. The standard InChI is InChI=1S/C27H26N6O4/c1-3-6-22-29-23(37-30-22)14-31-16-28-25-18-7-4-5-8-19(18)33(26(25)27(31)35)15-24(34)32-11-12-36-21-10-9-17(2)13-20(21)32/h4-5,7-10,13,16H,3,6,11-12,14-15H2,1-2H3. The molecular formula is C27H26N6O4. The average Bonchev–Trinajstić information content (AvgIpc) is 3.48. The summed E-state index contributed by atoms with van der Waals surface area (Å²) in [7, 11) is 0. The summed E-state index contributed by atoms with van der Waals surface area (Å²) in [5.74, 6) is 1.50. The summed E-state index contributed by atoms with van der Waals surface area (Å²) in [5, 5.41) is 4.79. The maximum atomic E-state index is 13.7. The molecule has 2 aromatic carbocycles. The highest BCUT2D eigenvalue weighted by Crippen LogP contribution is 2.33. The highest BCUT2D eigenvalue weighted by molar-refractivity contribution is 6.07. The first kappa shape index (κ1) is 23.0. The number of benzene rings is 2. The normalized spacial score (nSPS) is 13.2. The Balaban J connectivity index is 1.42. The van der Waals surface area contributed by atoms with Crippen LogP contribution >= 0.6 is 0 Å². The SMILES string of the molecule is CCCc1noc(Cn2cnc3c4ccccc4n(CC(=O)N4CCOc5ccc(C)cc54)c3c2=O)n1. The van der Waals surface area contributed by atoms with Crippen LogP contribution in [-0.2, 0) is 24.3 Å². The Labute approximate surface area is 212 Å². The number of rotatable bonds is 6. The molecule has 188 valence electrons. The molecule has 6 rings (SSSR count). The number of anilines is 1. The number of ether oxygens (including phenoxy) is 1. The van der Waals surface area contributed by atoms with Gasteiger partial charge in [-0.3, -0.25) is 14.2 Å². The van der Waals surface area contributed by atoms with Gasteiger partial charge >= 0.3 is 0 Å². The van der Waals surface area contributed by atoms with E-state index in [1.54, 1.807) is 9.47 Å². The van der Waals surface area contributed by atoms with Crippen molar-refractivity contribution in [3.63, 3.8) is 0 Å². The minimum absolute atomic E-state index is 0.0144. The van der Waals surface area contributed by atoms with E-state index in [4.69, 9.17) is 9.26 Å². The van der Waals surface area contributed by atoms with Crippen LogP contribution in [0.3, 0.4) is 0 Å². The molecule has 37 heavy (non-hydrogen) atoms. The summed E-state index contributed by atoms with van der Waals surface area (Å²) in [6.45, 7) is 4.95. The second kappa shape index (κ2) is 9.20. The van der Waals surface area contributed by atoms with Crippen molar-refractivity contribution in [1.29, 1.82) is 0 Å². The van der Waals surface area contributed by atoms with Crippen LogP contribution in [-0.4, -0.2) is 43.3 Å². The zero-order chi connectivity index (χ0) is 25.5. The van der Waals surface area contributed by atoms with Gasteiger partial charge in [0, 0.05) is 11.8 Å². The van der Waals surface area contributed by atoms with E-state index in [2.05, 4.69) is 15.1 Å². The smallest absolute Gasteiger partial charge is 0.278 e. The molecule has 3 aromatic heterocycles. The van der Waals surface area contributed by atoms with E-state index in [0.29, 0.717) is 48.1 Å². The molecule has 0 atom stereocenters. The third kappa shape index (κ3) is 4.04. The summed E-state index contributed by atoms with van der Waals surface area (Å²) in [5.41, 5.74) is 3.19. The van der Waals surface area contributed by atoms with E-state index in [-0.39, 0.29) is 24.6 Å². The molecule has 1 amide bonds. The lowest BCUT2D eigenvalue weighted by Gasteiger charge is -2.30. The summed E-state index contributed by atoms with van der Waals surface area (Å²) in [6.07, 6.45) is 3.10. The monoisotopic (exact) mass is 498 g/mol. The molecule has 0 bridgehead atoms. The van der Waals surface area contributed by atoms with E-state index in [1.807, 2.05) is 56.3 Å². The molecular weight excluding hydrogens is 472 g/mol. The second-order valence-corrected chi connectivity index (χ2v) is 9.20. The zero-order valence-corrected chi connectivity index (χ0v) is 20.7. The third-order valence-corrected chi connectivity index (χ3v) is 6.60. The van der Waals surface area contributed by atoms with Crippen molar-refractivity contribution >= 4 is 33.5 Å². The van der Waals surface area contributed by atoms with Crippen molar-refractivity contribution in [1.82, 2.24) is 24.3 Å². The fourth-order valence-corrected chi connectivity index (χ4v) is 4.86. The molecule has 0 radical (unpaired) electrons. The molecule has 0 fully saturated rings. The van der Waals surface area contributed by atoms with E-state index in [9.17, 15) is 9.59 Å².